The Bertz CT molecular complexity index is 1090. The molecule has 0 unspecified atom stereocenters. The molecule has 0 fully saturated rings. The molecule has 1 amide bonds. The Morgan fingerprint density at radius 2 is 1.43 bits per heavy atom. The molecule has 0 atom stereocenters. The topological polar surface area (TPSA) is 75.3 Å². The van der Waals surface area contributed by atoms with Gasteiger partial charge in [-0.25, -0.2) is 13.1 Å². The highest BCUT2D eigenvalue weighted by Crippen LogP contribution is 2.19. The quantitative estimate of drug-likeness (QED) is 0.511. The fourth-order valence-electron chi connectivity index (χ4n) is 2.98. The number of hydrogen-bond acceptors (Lipinski definition) is 3. The maximum Gasteiger partial charge on any atom is 0.228 e. The fraction of sp³-hybridized carbons (Fsp3) is 0.125. The van der Waals surface area contributed by atoms with Crippen LogP contribution < -0.4 is 10.0 Å². The van der Waals surface area contributed by atoms with E-state index in [4.69, 9.17) is 0 Å². The van der Waals surface area contributed by atoms with Crippen LogP contribution in [0.1, 0.15) is 11.1 Å². The molecule has 0 heterocycles. The van der Waals surface area contributed by atoms with Gasteiger partial charge in [0.1, 0.15) is 0 Å². The summed E-state index contributed by atoms with van der Waals surface area (Å²) >= 11 is 0. The molecule has 2 N–H and O–H groups in total. The number of amides is 1. The van der Waals surface area contributed by atoms with E-state index >= 15 is 0 Å². The van der Waals surface area contributed by atoms with Crippen LogP contribution in [0, 0.1) is 0 Å². The predicted molar refractivity (Wildman–Crippen MR) is 121 cm³/mol. The van der Waals surface area contributed by atoms with Gasteiger partial charge in [0, 0.05) is 12.2 Å². The molecule has 0 bridgehead atoms. The van der Waals surface area contributed by atoms with E-state index in [-0.39, 0.29) is 24.6 Å². The number of hydrogen-bond donors (Lipinski definition) is 2. The molecule has 0 aliphatic heterocycles. The van der Waals surface area contributed by atoms with Gasteiger partial charge in [0.2, 0.25) is 15.9 Å². The van der Waals surface area contributed by atoms with Gasteiger partial charge < -0.3 is 5.32 Å². The molecular weight excluding hydrogens is 396 g/mol. The second kappa shape index (κ2) is 10.0. The minimum atomic E-state index is -3.41. The van der Waals surface area contributed by atoms with E-state index in [9.17, 15) is 13.2 Å². The fourth-order valence-corrected chi connectivity index (χ4v) is 4.08. The van der Waals surface area contributed by atoms with Crippen molar-refractivity contribution in [2.45, 2.75) is 12.2 Å². The lowest BCUT2D eigenvalue weighted by Crippen LogP contribution is -2.25. The van der Waals surface area contributed by atoms with Crippen LogP contribution in [0.25, 0.3) is 11.1 Å². The van der Waals surface area contributed by atoms with Crippen LogP contribution in [0.15, 0.2) is 91.5 Å². The van der Waals surface area contributed by atoms with Crippen molar-refractivity contribution in [1.29, 1.82) is 0 Å². The van der Waals surface area contributed by atoms with E-state index in [1.807, 2.05) is 54.6 Å². The molecule has 3 aromatic carbocycles. The van der Waals surface area contributed by atoms with Crippen LogP contribution in [0.2, 0.25) is 0 Å². The predicted octanol–water partition coefficient (Wildman–Crippen LogP) is 4.14. The first-order chi connectivity index (χ1) is 14.4. The molecule has 0 aromatic heterocycles. The van der Waals surface area contributed by atoms with Crippen molar-refractivity contribution in [3.05, 3.63) is 103 Å². The van der Waals surface area contributed by atoms with Crippen LogP contribution in [0.5, 0.6) is 0 Å². The van der Waals surface area contributed by atoms with E-state index in [1.165, 1.54) is 6.08 Å². The monoisotopic (exact) mass is 420 g/mol. The number of anilines is 1. The van der Waals surface area contributed by atoms with Crippen LogP contribution in [0.4, 0.5) is 5.69 Å². The summed E-state index contributed by atoms with van der Waals surface area (Å²) in [7, 11) is -3.41. The van der Waals surface area contributed by atoms with Gasteiger partial charge in [-0.1, -0.05) is 72.8 Å². The lowest BCUT2D eigenvalue weighted by Gasteiger charge is -2.08. The third-order valence-electron chi connectivity index (χ3n) is 4.47. The molecule has 0 radical (unpaired) electrons. The zero-order valence-electron chi connectivity index (χ0n) is 16.5. The van der Waals surface area contributed by atoms with Gasteiger partial charge in [-0.05, 0) is 34.4 Å². The van der Waals surface area contributed by atoms with Crippen molar-refractivity contribution in [1.82, 2.24) is 4.72 Å². The van der Waals surface area contributed by atoms with Crippen molar-refractivity contribution < 1.29 is 13.2 Å². The standard InChI is InChI=1S/C24H24N2O3S/c1-2-16-25-30(28,29)18-20-10-14-23(15-11-20)26-24(27)17-19-8-12-22(13-9-19)21-6-4-3-5-7-21/h2-15,25H,1,16-18H2,(H,26,27). The van der Waals surface area contributed by atoms with Gasteiger partial charge in [-0.3, -0.25) is 4.79 Å². The highest BCUT2D eigenvalue weighted by atomic mass is 32.2. The maximum absolute atomic E-state index is 12.3. The number of rotatable bonds is 9. The smallest absolute Gasteiger partial charge is 0.228 e. The number of nitrogens with one attached hydrogen (secondary N) is 2. The van der Waals surface area contributed by atoms with E-state index in [1.54, 1.807) is 24.3 Å². The van der Waals surface area contributed by atoms with Gasteiger partial charge in [0.15, 0.2) is 0 Å². The normalized spacial score (nSPS) is 11.1. The minimum absolute atomic E-state index is 0.122. The Morgan fingerprint density at radius 1 is 0.833 bits per heavy atom. The summed E-state index contributed by atoms with van der Waals surface area (Å²) in [4.78, 5) is 12.3. The molecule has 3 rings (SSSR count). The Hall–Kier alpha value is -3.22. The zero-order valence-corrected chi connectivity index (χ0v) is 17.4. The molecular formula is C24H24N2O3S. The first kappa shape index (κ1) is 21.5. The summed E-state index contributed by atoms with van der Waals surface area (Å²) in [6.07, 6.45) is 1.75. The van der Waals surface area contributed by atoms with Gasteiger partial charge in [0.05, 0.1) is 12.2 Å². The lowest BCUT2D eigenvalue weighted by atomic mass is 10.0. The van der Waals surface area contributed by atoms with Gasteiger partial charge in [-0.2, -0.15) is 0 Å². The van der Waals surface area contributed by atoms with E-state index in [0.717, 1.165) is 16.7 Å². The van der Waals surface area contributed by atoms with Crippen LogP contribution in [0.3, 0.4) is 0 Å². The van der Waals surface area contributed by atoms with E-state index in [2.05, 4.69) is 16.6 Å². The van der Waals surface area contributed by atoms with Crippen LogP contribution in [-0.4, -0.2) is 20.9 Å². The summed E-state index contributed by atoms with van der Waals surface area (Å²) in [5, 5.41) is 2.84. The van der Waals surface area contributed by atoms with Crippen molar-refractivity contribution in [3.8, 4) is 11.1 Å². The van der Waals surface area contributed by atoms with Crippen LogP contribution >= 0.6 is 0 Å². The van der Waals surface area contributed by atoms with Crippen molar-refractivity contribution in [2.75, 3.05) is 11.9 Å². The highest BCUT2D eigenvalue weighted by Gasteiger charge is 2.10. The lowest BCUT2D eigenvalue weighted by molar-refractivity contribution is -0.115. The number of carbonyl (C=O) groups is 1. The molecule has 6 heteroatoms. The summed E-state index contributed by atoms with van der Waals surface area (Å²) in [5.74, 6) is -0.251. The highest BCUT2D eigenvalue weighted by molar-refractivity contribution is 7.88. The van der Waals surface area contributed by atoms with E-state index in [0.29, 0.717) is 11.3 Å². The SMILES string of the molecule is C=CCNS(=O)(=O)Cc1ccc(NC(=O)Cc2ccc(-c3ccccc3)cc2)cc1. The third-order valence-corrected chi connectivity index (χ3v) is 5.79. The Morgan fingerprint density at radius 3 is 2.07 bits per heavy atom. The second-order valence-electron chi connectivity index (χ2n) is 6.88. The van der Waals surface area contributed by atoms with Crippen molar-refractivity contribution in [2.24, 2.45) is 0 Å². The molecule has 0 spiro atoms. The largest absolute Gasteiger partial charge is 0.326 e. The Labute approximate surface area is 177 Å². The van der Waals surface area contributed by atoms with Crippen molar-refractivity contribution >= 4 is 21.6 Å². The summed E-state index contributed by atoms with van der Waals surface area (Å²) < 4.78 is 26.3. The third kappa shape index (κ3) is 6.40. The Balaban J connectivity index is 1.55. The molecule has 0 saturated heterocycles. The van der Waals surface area contributed by atoms with Gasteiger partial charge in [-0.15, -0.1) is 6.58 Å². The maximum atomic E-state index is 12.3. The molecule has 5 nitrogen and oxygen atoms in total. The number of sulfonamides is 1. The average molecular weight is 421 g/mol. The second-order valence-corrected chi connectivity index (χ2v) is 8.69. The molecule has 154 valence electrons. The van der Waals surface area contributed by atoms with Gasteiger partial charge in [0.25, 0.3) is 0 Å². The van der Waals surface area contributed by atoms with E-state index < -0.39 is 10.0 Å². The first-order valence-electron chi connectivity index (χ1n) is 9.56. The summed E-state index contributed by atoms with van der Waals surface area (Å²) in [6.45, 7) is 3.69. The zero-order chi connectivity index (χ0) is 21.4. The summed E-state index contributed by atoms with van der Waals surface area (Å²) in [6, 6.07) is 24.8. The Kier molecular flexibility index (Phi) is 7.17. The molecule has 0 aliphatic carbocycles. The molecule has 3 aromatic rings. The van der Waals surface area contributed by atoms with Crippen molar-refractivity contribution in [3.63, 3.8) is 0 Å². The molecule has 30 heavy (non-hydrogen) atoms. The molecule has 0 aliphatic rings. The number of benzene rings is 3. The first-order valence-corrected chi connectivity index (χ1v) is 11.2. The molecule has 0 saturated carbocycles. The van der Waals surface area contributed by atoms with Crippen LogP contribution in [-0.2, 0) is 27.0 Å². The average Bonchev–Trinajstić information content (AvgIpc) is 2.75. The number of carbonyl (C=O) groups excluding carboxylic acids is 1. The minimum Gasteiger partial charge on any atom is -0.326 e. The van der Waals surface area contributed by atoms with Gasteiger partial charge >= 0.3 is 0 Å². The summed E-state index contributed by atoms with van der Waals surface area (Å²) in [5.41, 5.74) is 4.42.